The third kappa shape index (κ3) is 4.39. The standard InChI is InChI=1S/C17H20FNO2S/c1-13-8-11-16(12-17(13)18)22(20,21)19-14(2)9-10-15-6-4-3-5-7-15/h3-8,11-12,14,19H,9-10H2,1-2H3. The Hall–Kier alpha value is -1.72. The number of nitrogens with one attached hydrogen (secondary N) is 1. The second-order valence-corrected chi connectivity index (χ2v) is 7.17. The van der Waals surface area contributed by atoms with Gasteiger partial charge in [0.15, 0.2) is 0 Å². The second-order valence-electron chi connectivity index (χ2n) is 5.46. The minimum atomic E-state index is -3.69. The summed E-state index contributed by atoms with van der Waals surface area (Å²) >= 11 is 0. The van der Waals surface area contributed by atoms with E-state index < -0.39 is 15.8 Å². The van der Waals surface area contributed by atoms with Gasteiger partial charge in [0.05, 0.1) is 4.90 Å². The Morgan fingerprint density at radius 1 is 1.14 bits per heavy atom. The van der Waals surface area contributed by atoms with Crippen LogP contribution in [0, 0.1) is 12.7 Å². The Bertz CT molecular complexity index is 730. The molecule has 0 radical (unpaired) electrons. The molecule has 0 spiro atoms. The molecule has 0 aliphatic rings. The molecule has 5 heteroatoms. The molecule has 0 saturated heterocycles. The van der Waals surface area contributed by atoms with Gasteiger partial charge in [-0.1, -0.05) is 36.4 Å². The van der Waals surface area contributed by atoms with Crippen molar-refractivity contribution in [3.63, 3.8) is 0 Å². The van der Waals surface area contributed by atoms with Gasteiger partial charge in [0, 0.05) is 6.04 Å². The molecule has 0 fully saturated rings. The number of hydrogen-bond donors (Lipinski definition) is 1. The van der Waals surface area contributed by atoms with Crippen molar-refractivity contribution in [1.82, 2.24) is 4.72 Å². The quantitative estimate of drug-likeness (QED) is 0.886. The number of aryl methyl sites for hydroxylation is 2. The van der Waals surface area contributed by atoms with E-state index in [0.717, 1.165) is 18.1 Å². The highest BCUT2D eigenvalue weighted by Crippen LogP contribution is 2.15. The molecule has 2 aromatic carbocycles. The van der Waals surface area contributed by atoms with Crippen LogP contribution in [0.15, 0.2) is 53.4 Å². The van der Waals surface area contributed by atoms with Crippen LogP contribution in [-0.4, -0.2) is 14.5 Å². The van der Waals surface area contributed by atoms with E-state index in [-0.39, 0.29) is 10.9 Å². The van der Waals surface area contributed by atoms with Gasteiger partial charge in [0.2, 0.25) is 10.0 Å². The van der Waals surface area contributed by atoms with E-state index in [1.165, 1.54) is 12.1 Å². The van der Waals surface area contributed by atoms with Crippen LogP contribution in [0.5, 0.6) is 0 Å². The van der Waals surface area contributed by atoms with Crippen LogP contribution in [0.4, 0.5) is 4.39 Å². The van der Waals surface area contributed by atoms with Crippen LogP contribution in [0.2, 0.25) is 0 Å². The van der Waals surface area contributed by atoms with E-state index in [1.54, 1.807) is 6.92 Å². The van der Waals surface area contributed by atoms with Gasteiger partial charge in [-0.3, -0.25) is 0 Å². The molecule has 0 amide bonds. The summed E-state index contributed by atoms with van der Waals surface area (Å²) in [6, 6.07) is 13.6. The number of rotatable bonds is 6. The normalized spacial score (nSPS) is 13.0. The SMILES string of the molecule is Cc1ccc(S(=O)(=O)NC(C)CCc2ccccc2)cc1F. The van der Waals surface area contributed by atoms with Gasteiger partial charge in [-0.15, -0.1) is 0 Å². The maximum atomic E-state index is 13.5. The zero-order valence-electron chi connectivity index (χ0n) is 12.7. The first kappa shape index (κ1) is 16.6. The first-order valence-corrected chi connectivity index (χ1v) is 8.69. The third-order valence-corrected chi connectivity index (χ3v) is 5.11. The molecule has 1 unspecified atom stereocenters. The van der Waals surface area contributed by atoms with Crippen molar-refractivity contribution in [3.05, 3.63) is 65.5 Å². The monoisotopic (exact) mass is 321 g/mol. The third-order valence-electron chi connectivity index (χ3n) is 3.52. The van der Waals surface area contributed by atoms with E-state index in [1.807, 2.05) is 37.3 Å². The van der Waals surface area contributed by atoms with Crippen molar-refractivity contribution < 1.29 is 12.8 Å². The fourth-order valence-corrected chi connectivity index (χ4v) is 3.45. The lowest BCUT2D eigenvalue weighted by molar-refractivity contribution is 0.545. The number of sulfonamides is 1. The summed E-state index contributed by atoms with van der Waals surface area (Å²) in [7, 11) is -3.69. The maximum absolute atomic E-state index is 13.5. The van der Waals surface area contributed by atoms with Crippen molar-refractivity contribution in [2.75, 3.05) is 0 Å². The number of benzene rings is 2. The van der Waals surface area contributed by atoms with Crippen molar-refractivity contribution >= 4 is 10.0 Å². The van der Waals surface area contributed by atoms with E-state index in [0.29, 0.717) is 12.0 Å². The zero-order chi connectivity index (χ0) is 16.2. The summed E-state index contributed by atoms with van der Waals surface area (Å²) in [6.45, 7) is 3.41. The minimum Gasteiger partial charge on any atom is -0.208 e. The average molecular weight is 321 g/mol. The van der Waals surface area contributed by atoms with E-state index in [9.17, 15) is 12.8 Å². The Labute approximate surface area is 131 Å². The van der Waals surface area contributed by atoms with Crippen molar-refractivity contribution in [2.45, 2.75) is 37.6 Å². The predicted molar refractivity (Wildman–Crippen MR) is 85.7 cm³/mol. The molecular weight excluding hydrogens is 301 g/mol. The minimum absolute atomic E-state index is 0.0397. The highest BCUT2D eigenvalue weighted by atomic mass is 32.2. The van der Waals surface area contributed by atoms with Crippen molar-refractivity contribution in [2.24, 2.45) is 0 Å². The molecule has 22 heavy (non-hydrogen) atoms. The molecule has 2 aromatic rings. The van der Waals surface area contributed by atoms with Gasteiger partial charge in [0.25, 0.3) is 0 Å². The topological polar surface area (TPSA) is 46.2 Å². The smallest absolute Gasteiger partial charge is 0.208 e. The first-order chi connectivity index (χ1) is 10.4. The zero-order valence-corrected chi connectivity index (χ0v) is 13.5. The van der Waals surface area contributed by atoms with Crippen molar-refractivity contribution in [3.8, 4) is 0 Å². The van der Waals surface area contributed by atoms with Crippen LogP contribution < -0.4 is 4.72 Å². The summed E-state index contributed by atoms with van der Waals surface area (Å²) in [6.07, 6.45) is 1.46. The Kier molecular flexibility index (Phi) is 5.32. The first-order valence-electron chi connectivity index (χ1n) is 7.21. The van der Waals surface area contributed by atoms with E-state index >= 15 is 0 Å². The lowest BCUT2D eigenvalue weighted by Crippen LogP contribution is -2.33. The molecular formula is C17H20FNO2S. The second kappa shape index (κ2) is 7.03. The molecule has 0 aliphatic heterocycles. The van der Waals surface area contributed by atoms with Gasteiger partial charge < -0.3 is 0 Å². The fraction of sp³-hybridized carbons (Fsp3) is 0.294. The summed E-state index contributed by atoms with van der Waals surface area (Å²) in [4.78, 5) is -0.0397. The highest BCUT2D eigenvalue weighted by molar-refractivity contribution is 7.89. The predicted octanol–water partition coefficient (Wildman–Crippen LogP) is 3.43. The molecule has 3 nitrogen and oxygen atoms in total. The number of hydrogen-bond acceptors (Lipinski definition) is 2. The molecule has 0 saturated carbocycles. The molecule has 118 valence electrons. The van der Waals surface area contributed by atoms with Crippen LogP contribution in [-0.2, 0) is 16.4 Å². The fourth-order valence-electron chi connectivity index (χ4n) is 2.16. The summed E-state index contributed by atoms with van der Waals surface area (Å²) in [5.41, 5.74) is 1.59. The Balaban J connectivity index is 2.00. The molecule has 0 aromatic heterocycles. The van der Waals surface area contributed by atoms with Crippen LogP contribution >= 0.6 is 0 Å². The molecule has 0 aliphatic carbocycles. The largest absolute Gasteiger partial charge is 0.240 e. The van der Waals surface area contributed by atoms with E-state index in [2.05, 4.69) is 4.72 Å². The Morgan fingerprint density at radius 2 is 1.82 bits per heavy atom. The van der Waals surface area contributed by atoms with Crippen LogP contribution in [0.3, 0.4) is 0 Å². The van der Waals surface area contributed by atoms with Gasteiger partial charge in [-0.05, 0) is 49.9 Å². The Morgan fingerprint density at radius 3 is 2.45 bits per heavy atom. The lowest BCUT2D eigenvalue weighted by Gasteiger charge is -2.14. The summed E-state index contributed by atoms with van der Waals surface area (Å²) in [5.74, 6) is -0.514. The molecule has 0 bridgehead atoms. The molecule has 1 atom stereocenters. The number of halogens is 1. The van der Waals surface area contributed by atoms with Crippen LogP contribution in [0.25, 0.3) is 0 Å². The van der Waals surface area contributed by atoms with Crippen LogP contribution in [0.1, 0.15) is 24.5 Å². The summed E-state index contributed by atoms with van der Waals surface area (Å²) in [5, 5.41) is 0. The molecule has 1 N–H and O–H groups in total. The van der Waals surface area contributed by atoms with Gasteiger partial charge in [-0.2, -0.15) is 0 Å². The summed E-state index contributed by atoms with van der Waals surface area (Å²) < 4.78 is 40.6. The highest BCUT2D eigenvalue weighted by Gasteiger charge is 2.18. The van der Waals surface area contributed by atoms with Gasteiger partial charge in [0.1, 0.15) is 5.82 Å². The van der Waals surface area contributed by atoms with Gasteiger partial charge >= 0.3 is 0 Å². The van der Waals surface area contributed by atoms with E-state index in [4.69, 9.17) is 0 Å². The molecule has 0 heterocycles. The van der Waals surface area contributed by atoms with Crippen molar-refractivity contribution in [1.29, 1.82) is 0 Å². The lowest BCUT2D eigenvalue weighted by atomic mass is 10.1. The average Bonchev–Trinajstić information content (AvgIpc) is 2.48. The van der Waals surface area contributed by atoms with Gasteiger partial charge in [-0.25, -0.2) is 17.5 Å². The maximum Gasteiger partial charge on any atom is 0.240 e. The molecule has 2 rings (SSSR count).